The van der Waals surface area contributed by atoms with E-state index < -0.39 is 14.4 Å². The highest BCUT2D eigenvalue weighted by molar-refractivity contribution is 6.71. The highest BCUT2D eigenvalue weighted by atomic mass is 28.4. The molecular weight excluding hydrogens is 400 g/mol. The Labute approximate surface area is 191 Å². The number of hydrogen-bond donors (Lipinski definition) is 1. The van der Waals surface area contributed by atoms with Gasteiger partial charge in [0.2, 0.25) is 0 Å². The molecule has 8 atom stereocenters. The molecule has 3 nitrogen and oxygen atoms in total. The van der Waals surface area contributed by atoms with Crippen LogP contribution >= 0.6 is 0 Å². The summed E-state index contributed by atoms with van der Waals surface area (Å²) in [4.78, 5) is 12.4. The van der Waals surface area contributed by atoms with E-state index in [2.05, 4.69) is 46.9 Å². The van der Waals surface area contributed by atoms with Crippen LogP contribution in [-0.2, 0) is 9.22 Å². The average molecular weight is 447 g/mol. The molecular formula is C27H46O3Si. The zero-order valence-corrected chi connectivity index (χ0v) is 22.0. The van der Waals surface area contributed by atoms with Crippen LogP contribution in [0.25, 0.3) is 0 Å². The first-order valence-electron chi connectivity index (χ1n) is 13.0. The van der Waals surface area contributed by atoms with Crippen molar-refractivity contribution >= 4 is 14.1 Å². The Morgan fingerprint density at radius 1 is 1.16 bits per heavy atom. The summed E-state index contributed by atoms with van der Waals surface area (Å²) in [6, 6.07) is 1.15. The number of fused-ring (bicyclic) bond motifs is 5. The van der Waals surface area contributed by atoms with Gasteiger partial charge in [-0.15, -0.1) is 0 Å². The van der Waals surface area contributed by atoms with Crippen LogP contribution in [0.3, 0.4) is 0 Å². The fraction of sp³-hybridized carbons (Fsp3) is 0.889. The van der Waals surface area contributed by atoms with Crippen LogP contribution in [0.4, 0.5) is 0 Å². The standard InChI is InChI=1S/C27H46O3Si/c1-17(2)16-31(6,7)30-24-13-15-27(5)22-12-14-26(4)20(18(3)28)10-11-21(26)19(22)8-9-23(27)25(24)29/h9,17,19-22,24-25,29H,8,10-16H2,1-7H3/t19-,20+,21-,22-,24?,25?,26+,27+/m0/s1. The van der Waals surface area contributed by atoms with Gasteiger partial charge in [-0.2, -0.15) is 0 Å². The van der Waals surface area contributed by atoms with Gasteiger partial charge >= 0.3 is 0 Å². The lowest BCUT2D eigenvalue weighted by Gasteiger charge is -2.59. The van der Waals surface area contributed by atoms with Crippen LogP contribution in [0.2, 0.25) is 19.1 Å². The second kappa shape index (κ2) is 8.09. The maximum atomic E-state index is 12.4. The lowest BCUT2D eigenvalue weighted by atomic mass is 9.47. The van der Waals surface area contributed by atoms with Crippen molar-refractivity contribution in [2.24, 2.45) is 40.4 Å². The predicted molar refractivity (Wildman–Crippen MR) is 129 cm³/mol. The van der Waals surface area contributed by atoms with E-state index in [0.29, 0.717) is 29.5 Å². The van der Waals surface area contributed by atoms with Crippen molar-refractivity contribution in [1.29, 1.82) is 0 Å². The molecule has 2 unspecified atom stereocenters. The second-order valence-corrected chi connectivity index (χ2v) is 17.1. The van der Waals surface area contributed by atoms with Crippen molar-refractivity contribution in [3.63, 3.8) is 0 Å². The molecule has 1 N–H and O–H groups in total. The SMILES string of the molecule is CC(=O)[C@H]1CC[C@H]2[C@@H]3CC=C4C(O)C(O[Si](C)(C)CC(C)C)CC[C@]4(C)[C@H]3CC[C@]12C. The van der Waals surface area contributed by atoms with Gasteiger partial charge in [0.15, 0.2) is 8.32 Å². The van der Waals surface area contributed by atoms with Crippen LogP contribution in [0, 0.1) is 40.4 Å². The van der Waals surface area contributed by atoms with Gasteiger partial charge in [0.1, 0.15) is 11.9 Å². The Morgan fingerprint density at radius 2 is 1.87 bits per heavy atom. The number of allylic oxidation sites excluding steroid dienone is 1. The molecule has 0 bridgehead atoms. The molecule has 176 valence electrons. The van der Waals surface area contributed by atoms with Crippen LogP contribution in [-0.4, -0.2) is 31.4 Å². The number of aliphatic hydroxyl groups is 1. The molecule has 31 heavy (non-hydrogen) atoms. The quantitative estimate of drug-likeness (QED) is 0.394. The van der Waals surface area contributed by atoms with Crippen molar-refractivity contribution < 1.29 is 14.3 Å². The molecule has 0 saturated heterocycles. The monoisotopic (exact) mass is 446 g/mol. The normalized spacial score (nSPS) is 45.0. The summed E-state index contributed by atoms with van der Waals surface area (Å²) in [5, 5.41) is 11.5. The number of Topliss-reactive ketones (excluding diaryl/α,β-unsaturated/α-hetero) is 1. The van der Waals surface area contributed by atoms with Gasteiger partial charge in [-0.25, -0.2) is 0 Å². The lowest BCUT2D eigenvalue weighted by molar-refractivity contribution is -0.128. The molecule has 0 aliphatic heterocycles. The first-order chi connectivity index (χ1) is 14.4. The minimum Gasteiger partial charge on any atom is -0.411 e. The highest BCUT2D eigenvalue weighted by Crippen LogP contribution is 2.66. The first-order valence-corrected chi connectivity index (χ1v) is 16.1. The third-order valence-corrected chi connectivity index (χ3v) is 12.7. The molecule has 4 aliphatic rings. The summed E-state index contributed by atoms with van der Waals surface area (Å²) < 4.78 is 6.67. The van der Waals surface area contributed by atoms with E-state index in [-0.39, 0.29) is 22.9 Å². The van der Waals surface area contributed by atoms with E-state index in [9.17, 15) is 9.90 Å². The van der Waals surface area contributed by atoms with Crippen molar-refractivity contribution in [3.05, 3.63) is 11.6 Å². The minimum absolute atomic E-state index is 0.0290. The average Bonchev–Trinajstić information content (AvgIpc) is 3.00. The Hall–Kier alpha value is -0.453. The zero-order valence-electron chi connectivity index (χ0n) is 21.0. The van der Waals surface area contributed by atoms with E-state index >= 15 is 0 Å². The topological polar surface area (TPSA) is 46.5 Å². The molecule has 0 heterocycles. The predicted octanol–water partition coefficient (Wildman–Crippen LogP) is 6.37. The molecule has 3 saturated carbocycles. The fourth-order valence-electron chi connectivity index (χ4n) is 8.94. The van der Waals surface area contributed by atoms with E-state index in [1.807, 2.05) is 6.92 Å². The largest absolute Gasteiger partial charge is 0.411 e. The number of hydrogen-bond acceptors (Lipinski definition) is 3. The summed E-state index contributed by atoms with van der Waals surface area (Å²) in [6.45, 7) is 15.8. The van der Waals surface area contributed by atoms with Crippen LogP contribution in [0.5, 0.6) is 0 Å². The number of rotatable bonds is 5. The van der Waals surface area contributed by atoms with Gasteiger partial charge in [0.05, 0.1) is 6.10 Å². The summed E-state index contributed by atoms with van der Waals surface area (Å²) in [6.07, 6.45) is 9.81. The molecule has 0 radical (unpaired) electrons. The number of carbonyl (C=O) groups is 1. The minimum atomic E-state index is -1.78. The van der Waals surface area contributed by atoms with E-state index in [1.54, 1.807) is 0 Å². The Morgan fingerprint density at radius 3 is 2.52 bits per heavy atom. The molecule has 4 rings (SSSR count). The van der Waals surface area contributed by atoms with Gasteiger partial charge in [0.25, 0.3) is 0 Å². The third-order valence-electron chi connectivity index (χ3n) is 10.0. The van der Waals surface area contributed by atoms with Crippen molar-refractivity contribution in [2.75, 3.05) is 0 Å². The number of aliphatic hydroxyl groups excluding tert-OH is 1. The number of carbonyl (C=O) groups excluding carboxylic acids is 1. The second-order valence-electron chi connectivity index (χ2n) is 13.0. The van der Waals surface area contributed by atoms with Crippen LogP contribution in [0.1, 0.15) is 79.6 Å². The smallest absolute Gasteiger partial charge is 0.187 e. The first kappa shape index (κ1) is 23.7. The zero-order chi connectivity index (χ0) is 22.8. The Balaban J connectivity index is 1.55. The molecule has 0 aromatic heterocycles. The van der Waals surface area contributed by atoms with Gasteiger partial charge in [-0.3, -0.25) is 4.79 Å². The molecule has 0 spiro atoms. The molecule has 0 amide bonds. The van der Waals surface area contributed by atoms with Gasteiger partial charge in [0, 0.05) is 5.92 Å². The maximum Gasteiger partial charge on any atom is 0.187 e. The number of ketones is 1. The van der Waals surface area contributed by atoms with Gasteiger partial charge in [-0.05, 0) is 111 Å². The maximum absolute atomic E-state index is 12.4. The van der Waals surface area contributed by atoms with Crippen molar-refractivity contribution in [1.82, 2.24) is 0 Å². The van der Waals surface area contributed by atoms with Crippen molar-refractivity contribution in [2.45, 2.75) is 111 Å². The molecule has 0 aromatic carbocycles. The van der Waals surface area contributed by atoms with Crippen LogP contribution in [0.15, 0.2) is 11.6 Å². The van der Waals surface area contributed by atoms with E-state index in [4.69, 9.17) is 4.43 Å². The molecule has 4 heteroatoms. The van der Waals surface area contributed by atoms with Gasteiger partial charge < -0.3 is 9.53 Å². The summed E-state index contributed by atoms with van der Waals surface area (Å²) >= 11 is 0. The highest BCUT2D eigenvalue weighted by Gasteiger charge is 2.60. The van der Waals surface area contributed by atoms with E-state index in [0.717, 1.165) is 31.7 Å². The van der Waals surface area contributed by atoms with Crippen LogP contribution < -0.4 is 0 Å². The van der Waals surface area contributed by atoms with Crippen molar-refractivity contribution in [3.8, 4) is 0 Å². The fourth-order valence-corrected chi connectivity index (χ4v) is 12.1. The Kier molecular flexibility index (Phi) is 6.19. The summed E-state index contributed by atoms with van der Waals surface area (Å²) in [5.41, 5.74) is 1.57. The molecule has 4 aliphatic carbocycles. The molecule has 3 fully saturated rings. The lowest BCUT2D eigenvalue weighted by Crippen LogP contribution is -2.55. The van der Waals surface area contributed by atoms with E-state index in [1.165, 1.54) is 24.8 Å². The summed E-state index contributed by atoms with van der Waals surface area (Å²) in [7, 11) is -1.78. The Bertz CT molecular complexity index is 743. The third kappa shape index (κ3) is 3.93. The summed E-state index contributed by atoms with van der Waals surface area (Å²) in [5.74, 6) is 3.30. The van der Waals surface area contributed by atoms with Gasteiger partial charge in [-0.1, -0.05) is 33.8 Å². The molecule has 0 aromatic rings.